The van der Waals surface area contributed by atoms with E-state index in [1.165, 1.54) is 44.2 Å². The van der Waals surface area contributed by atoms with Crippen LogP contribution in [0.25, 0.3) is 77.2 Å². The zero-order valence-electron chi connectivity index (χ0n) is 36.8. The maximum Gasteiger partial charge on any atom is 0.132 e. The molecule has 0 aromatic heterocycles. The molecule has 0 spiro atoms. The summed E-state index contributed by atoms with van der Waals surface area (Å²) in [4.78, 5) is 0. The minimum Gasteiger partial charge on any atom is -0.507 e. The van der Waals surface area contributed by atoms with Crippen molar-refractivity contribution in [3.63, 3.8) is 0 Å². The number of hydrogen-bond acceptors (Lipinski definition) is 2. The van der Waals surface area contributed by atoms with Crippen LogP contribution >= 0.6 is 8.58 Å². The molecule has 0 saturated carbocycles. The van der Waals surface area contributed by atoms with Gasteiger partial charge in [-0.05, 0) is 144 Å². The summed E-state index contributed by atoms with van der Waals surface area (Å²) in [6, 6.07) is 47.7. The molecule has 2 N–H and O–H groups in total. The highest BCUT2D eigenvalue weighted by Gasteiger charge is 2.26. The zero-order chi connectivity index (χ0) is 42.7. The van der Waals surface area contributed by atoms with E-state index in [1.54, 1.807) is 0 Å². The molecule has 3 heteroatoms. The third-order valence-corrected chi connectivity index (χ3v) is 13.3. The highest BCUT2D eigenvalue weighted by molar-refractivity contribution is 7.46. The highest BCUT2D eigenvalue weighted by atomic mass is 31.1. The van der Waals surface area contributed by atoms with Gasteiger partial charge in [0, 0.05) is 22.3 Å². The van der Waals surface area contributed by atoms with Crippen LogP contribution in [0.15, 0.2) is 133 Å². The molecule has 0 heterocycles. The van der Waals surface area contributed by atoms with E-state index in [2.05, 4.69) is 190 Å². The number of phenolic OH excluding ortho intramolecular Hbond substituents is 2. The van der Waals surface area contributed by atoms with Gasteiger partial charge in [0.2, 0.25) is 0 Å². The lowest BCUT2D eigenvalue weighted by Crippen LogP contribution is -2.10. The molecule has 1 unspecified atom stereocenters. The van der Waals surface area contributed by atoms with Crippen LogP contribution in [0.5, 0.6) is 11.5 Å². The molecular weight excluding hydrogens is 748 g/mol. The molecule has 0 aliphatic heterocycles. The molecule has 0 aliphatic carbocycles. The average molecular weight is 805 g/mol. The smallest absolute Gasteiger partial charge is 0.132 e. The van der Waals surface area contributed by atoms with Crippen molar-refractivity contribution in [2.45, 2.75) is 79.6 Å². The second kappa shape index (κ2) is 15.7. The fraction of sp³-hybridized carbons (Fsp3) is 0.228. The Hall–Kier alpha value is -5.69. The largest absolute Gasteiger partial charge is 0.507 e. The first-order valence-corrected chi connectivity index (χ1v) is 22.8. The Kier molecular flexibility index (Phi) is 10.8. The highest BCUT2D eigenvalue weighted by Crippen LogP contribution is 2.53. The predicted molar refractivity (Wildman–Crippen MR) is 262 cm³/mol. The van der Waals surface area contributed by atoms with E-state index in [1.807, 2.05) is 12.1 Å². The lowest BCUT2D eigenvalue weighted by Gasteiger charge is -2.23. The number of aromatic hydroxyl groups is 2. The summed E-state index contributed by atoms with van der Waals surface area (Å²) in [6.45, 7) is 22.2. The van der Waals surface area contributed by atoms with Crippen molar-refractivity contribution < 1.29 is 10.2 Å². The normalized spacial score (nSPS) is 12.3. The second-order valence-corrected chi connectivity index (χ2v) is 19.6. The fourth-order valence-electron chi connectivity index (χ4n) is 9.09. The SMILES string of the molecule is CCc1cc(-c2ccc(C(C)(C)C)cc2)cc(C)c1-c1cc2ccccc2c(-c2c(O)c(-c3c(C)cc(-c4ccc(C(C)(C)C)cc4)cc3PC)cc3ccccc23)c1O. The van der Waals surface area contributed by atoms with Gasteiger partial charge in [-0.15, -0.1) is 0 Å². The van der Waals surface area contributed by atoms with Crippen LogP contribution in [0.3, 0.4) is 0 Å². The molecule has 1 atom stereocenters. The summed E-state index contributed by atoms with van der Waals surface area (Å²) in [7, 11) is 0.500. The molecule has 8 aromatic carbocycles. The van der Waals surface area contributed by atoms with Crippen LogP contribution in [0, 0.1) is 13.8 Å². The molecule has 2 nitrogen and oxygen atoms in total. The van der Waals surface area contributed by atoms with Gasteiger partial charge in [0.25, 0.3) is 0 Å². The maximum atomic E-state index is 12.9. The standard InChI is InChI=1S/C57H57O2P/c1-11-36-30-41(37-20-24-43(25-21-37)56(4,5)6)28-34(2)50(36)47-31-39-16-12-14-18-45(39)52(54(47)58)53-46-19-15-13-17-40(46)32-48(55(53)59)51-35(3)29-42(33-49(51)60-10)38-22-26-44(27-23-38)57(7,8)9/h12-33,58-60H,11H2,1-10H3. The van der Waals surface area contributed by atoms with Crippen molar-refractivity contribution in [3.8, 4) is 67.1 Å². The lowest BCUT2D eigenvalue weighted by atomic mass is 9.83. The Bertz CT molecular complexity index is 2720. The average Bonchev–Trinajstić information content (AvgIpc) is 3.23. The van der Waals surface area contributed by atoms with Gasteiger partial charge in [-0.1, -0.05) is 172 Å². The summed E-state index contributed by atoms with van der Waals surface area (Å²) < 4.78 is 0. The molecule has 0 saturated heterocycles. The van der Waals surface area contributed by atoms with Crippen molar-refractivity contribution in [2.75, 3.05) is 6.66 Å². The first-order valence-electron chi connectivity index (χ1n) is 21.3. The van der Waals surface area contributed by atoms with E-state index in [0.29, 0.717) is 19.7 Å². The Labute approximate surface area is 358 Å². The van der Waals surface area contributed by atoms with Crippen LogP contribution in [0.4, 0.5) is 0 Å². The molecule has 302 valence electrons. The third-order valence-electron chi connectivity index (χ3n) is 12.4. The Morgan fingerprint density at radius 3 is 1.32 bits per heavy atom. The summed E-state index contributed by atoms with van der Waals surface area (Å²) in [6.07, 6.45) is 0.798. The van der Waals surface area contributed by atoms with E-state index in [9.17, 15) is 10.2 Å². The van der Waals surface area contributed by atoms with Crippen LogP contribution < -0.4 is 5.30 Å². The first kappa shape index (κ1) is 41.1. The van der Waals surface area contributed by atoms with Crippen LogP contribution in [0.2, 0.25) is 0 Å². The van der Waals surface area contributed by atoms with Gasteiger partial charge in [0.05, 0.1) is 0 Å². The number of benzene rings is 8. The van der Waals surface area contributed by atoms with Crippen LogP contribution in [-0.4, -0.2) is 16.9 Å². The number of hydrogen-bond donors (Lipinski definition) is 2. The zero-order valence-corrected chi connectivity index (χ0v) is 37.8. The van der Waals surface area contributed by atoms with Crippen molar-refractivity contribution in [1.82, 2.24) is 0 Å². The Morgan fingerprint density at radius 2 is 0.883 bits per heavy atom. The van der Waals surface area contributed by atoms with Crippen LogP contribution in [-0.2, 0) is 17.3 Å². The molecule has 0 radical (unpaired) electrons. The van der Waals surface area contributed by atoms with Crippen LogP contribution in [0.1, 0.15) is 76.3 Å². The Balaban J connectivity index is 1.34. The number of rotatable bonds is 7. The van der Waals surface area contributed by atoms with Gasteiger partial charge < -0.3 is 10.2 Å². The van der Waals surface area contributed by atoms with Crippen molar-refractivity contribution in [3.05, 3.63) is 161 Å². The van der Waals surface area contributed by atoms with Crippen molar-refractivity contribution >= 4 is 35.4 Å². The lowest BCUT2D eigenvalue weighted by molar-refractivity contribution is 0.472. The summed E-state index contributed by atoms with van der Waals surface area (Å²) in [5.41, 5.74) is 15.8. The van der Waals surface area contributed by atoms with E-state index in [4.69, 9.17) is 0 Å². The fourth-order valence-corrected chi connectivity index (χ4v) is 9.97. The maximum absolute atomic E-state index is 12.9. The minimum absolute atomic E-state index is 0.0823. The van der Waals surface area contributed by atoms with Gasteiger partial charge in [0.15, 0.2) is 0 Å². The first-order chi connectivity index (χ1) is 28.6. The number of aryl methyl sites for hydroxylation is 3. The van der Waals surface area contributed by atoms with Gasteiger partial charge >= 0.3 is 0 Å². The molecule has 0 bridgehead atoms. The molecular formula is C57H57O2P. The van der Waals surface area contributed by atoms with Gasteiger partial charge in [-0.2, -0.15) is 0 Å². The molecule has 0 aliphatic rings. The Morgan fingerprint density at radius 1 is 0.467 bits per heavy atom. The molecule has 8 rings (SSSR count). The van der Waals surface area contributed by atoms with Gasteiger partial charge in [-0.25, -0.2) is 0 Å². The summed E-state index contributed by atoms with van der Waals surface area (Å²) >= 11 is 0. The minimum atomic E-state index is 0.0823. The summed E-state index contributed by atoms with van der Waals surface area (Å²) in [5, 5.41) is 30.7. The topological polar surface area (TPSA) is 40.5 Å². The van der Waals surface area contributed by atoms with E-state index < -0.39 is 0 Å². The van der Waals surface area contributed by atoms with Crippen molar-refractivity contribution in [1.29, 1.82) is 0 Å². The van der Waals surface area contributed by atoms with E-state index in [-0.39, 0.29) is 22.3 Å². The predicted octanol–water partition coefficient (Wildman–Crippen LogP) is 15.4. The van der Waals surface area contributed by atoms with Gasteiger partial charge in [0.1, 0.15) is 11.5 Å². The molecule has 0 fully saturated rings. The quantitative estimate of drug-likeness (QED) is 0.158. The molecule has 0 amide bonds. The number of fused-ring (bicyclic) bond motifs is 2. The molecule has 60 heavy (non-hydrogen) atoms. The summed E-state index contributed by atoms with van der Waals surface area (Å²) in [5.74, 6) is 0.354. The van der Waals surface area contributed by atoms with E-state index in [0.717, 1.165) is 61.3 Å². The third kappa shape index (κ3) is 7.41. The van der Waals surface area contributed by atoms with Gasteiger partial charge in [-0.3, -0.25) is 0 Å². The monoisotopic (exact) mass is 804 g/mol. The number of phenols is 2. The van der Waals surface area contributed by atoms with Crippen molar-refractivity contribution in [2.24, 2.45) is 0 Å². The second-order valence-electron chi connectivity index (χ2n) is 18.5. The van der Waals surface area contributed by atoms with E-state index >= 15 is 0 Å². The molecule has 8 aromatic rings.